The monoisotopic (exact) mass is 204 g/mol. The lowest BCUT2D eigenvalue weighted by molar-refractivity contribution is 0.264. The highest BCUT2D eigenvalue weighted by Crippen LogP contribution is 2.37. The molecule has 0 amide bonds. The van der Waals surface area contributed by atoms with Crippen molar-refractivity contribution in [2.75, 3.05) is 6.61 Å². The van der Waals surface area contributed by atoms with Crippen LogP contribution in [0.2, 0.25) is 0 Å². The molecule has 1 heterocycles. The van der Waals surface area contributed by atoms with E-state index in [0.717, 1.165) is 18.3 Å². The highest BCUT2D eigenvalue weighted by molar-refractivity contribution is 5.43. The molecule has 82 valence electrons. The van der Waals surface area contributed by atoms with Crippen molar-refractivity contribution in [3.63, 3.8) is 0 Å². The van der Waals surface area contributed by atoms with Gasteiger partial charge in [0.1, 0.15) is 5.75 Å². The van der Waals surface area contributed by atoms with Gasteiger partial charge in [-0.1, -0.05) is 32.0 Å². The number of para-hydroxylation sites is 1. The number of hydrogen-bond donors (Lipinski definition) is 0. The molecule has 1 aliphatic heterocycles. The van der Waals surface area contributed by atoms with Gasteiger partial charge in [-0.15, -0.1) is 0 Å². The number of fused-ring (bicyclic) bond motifs is 1. The quantitative estimate of drug-likeness (QED) is 0.622. The van der Waals surface area contributed by atoms with Crippen molar-refractivity contribution in [3.8, 4) is 5.75 Å². The van der Waals surface area contributed by atoms with Crippen molar-refractivity contribution in [1.82, 2.24) is 0 Å². The summed E-state index contributed by atoms with van der Waals surface area (Å²) in [5.74, 6) is 2.51. The molecule has 1 nitrogen and oxygen atoms in total. The largest absolute Gasteiger partial charge is 0.493 e. The number of benzene rings is 1. The van der Waals surface area contributed by atoms with Gasteiger partial charge in [-0.25, -0.2) is 0 Å². The first-order valence-corrected chi connectivity index (χ1v) is 5.92. The Bertz CT molecular complexity index is 343. The van der Waals surface area contributed by atoms with E-state index in [4.69, 9.17) is 4.74 Å². The van der Waals surface area contributed by atoms with Crippen LogP contribution in [-0.4, -0.2) is 6.61 Å². The molecule has 1 aliphatic rings. The second-order valence-electron chi connectivity index (χ2n) is 4.75. The van der Waals surface area contributed by atoms with Crippen molar-refractivity contribution in [1.29, 1.82) is 0 Å². The van der Waals surface area contributed by atoms with E-state index in [2.05, 4.69) is 39.0 Å². The lowest BCUT2D eigenvalue weighted by Crippen LogP contribution is -2.14. The van der Waals surface area contributed by atoms with Crippen molar-refractivity contribution in [3.05, 3.63) is 29.3 Å². The molecular formula is C14H20O. The van der Waals surface area contributed by atoms with Crippen LogP contribution in [0.25, 0.3) is 0 Å². The molecule has 1 aromatic carbocycles. The summed E-state index contributed by atoms with van der Waals surface area (Å²) in [6, 6.07) is 6.50. The van der Waals surface area contributed by atoms with Gasteiger partial charge >= 0.3 is 0 Å². The fraction of sp³-hybridized carbons (Fsp3) is 0.571. The zero-order chi connectivity index (χ0) is 10.8. The molecule has 2 atom stereocenters. The minimum Gasteiger partial charge on any atom is -0.493 e. The summed E-state index contributed by atoms with van der Waals surface area (Å²) in [4.78, 5) is 0. The Morgan fingerprint density at radius 3 is 2.87 bits per heavy atom. The van der Waals surface area contributed by atoms with Gasteiger partial charge in [-0.2, -0.15) is 0 Å². The van der Waals surface area contributed by atoms with Gasteiger partial charge in [0, 0.05) is 0 Å². The summed E-state index contributed by atoms with van der Waals surface area (Å²) in [7, 11) is 0. The Labute approximate surface area is 92.5 Å². The van der Waals surface area contributed by atoms with Crippen LogP contribution in [0.5, 0.6) is 5.75 Å². The van der Waals surface area contributed by atoms with Crippen LogP contribution in [-0.2, 0) is 0 Å². The number of ether oxygens (including phenoxy) is 1. The highest BCUT2D eigenvalue weighted by atomic mass is 16.5. The Kier molecular flexibility index (Phi) is 2.99. The molecule has 0 N–H and O–H groups in total. The van der Waals surface area contributed by atoms with E-state index in [1.54, 1.807) is 0 Å². The van der Waals surface area contributed by atoms with E-state index in [-0.39, 0.29) is 0 Å². The SMILES string of the molecule is Cc1cccc2c1OCCC[C@@H](C)C2C. The van der Waals surface area contributed by atoms with E-state index < -0.39 is 0 Å². The van der Waals surface area contributed by atoms with E-state index in [1.165, 1.54) is 24.0 Å². The molecular weight excluding hydrogens is 184 g/mol. The average molecular weight is 204 g/mol. The van der Waals surface area contributed by atoms with E-state index in [1.807, 2.05) is 0 Å². The van der Waals surface area contributed by atoms with Crippen molar-refractivity contribution < 1.29 is 4.74 Å². The van der Waals surface area contributed by atoms with Gasteiger partial charge in [-0.05, 0) is 42.7 Å². The van der Waals surface area contributed by atoms with Crippen LogP contribution in [0.15, 0.2) is 18.2 Å². The number of aryl methyl sites for hydroxylation is 1. The van der Waals surface area contributed by atoms with Crippen LogP contribution >= 0.6 is 0 Å². The molecule has 0 saturated heterocycles. The maximum atomic E-state index is 5.88. The van der Waals surface area contributed by atoms with Crippen LogP contribution in [0.1, 0.15) is 43.7 Å². The molecule has 1 aromatic rings. The molecule has 15 heavy (non-hydrogen) atoms. The molecule has 0 saturated carbocycles. The third-order valence-corrected chi connectivity index (χ3v) is 3.64. The van der Waals surface area contributed by atoms with Crippen LogP contribution in [0.3, 0.4) is 0 Å². The minimum absolute atomic E-state index is 0.611. The van der Waals surface area contributed by atoms with Gasteiger partial charge in [0.2, 0.25) is 0 Å². The topological polar surface area (TPSA) is 9.23 Å². The fourth-order valence-corrected chi connectivity index (χ4v) is 2.37. The molecule has 1 unspecified atom stereocenters. The van der Waals surface area contributed by atoms with Crippen LogP contribution in [0, 0.1) is 12.8 Å². The van der Waals surface area contributed by atoms with Gasteiger partial charge in [0.25, 0.3) is 0 Å². The summed E-state index contributed by atoms with van der Waals surface area (Å²) in [6.07, 6.45) is 2.45. The van der Waals surface area contributed by atoms with Gasteiger partial charge < -0.3 is 4.74 Å². The predicted octanol–water partition coefficient (Wildman–Crippen LogP) is 3.91. The Morgan fingerprint density at radius 2 is 2.07 bits per heavy atom. The average Bonchev–Trinajstić information content (AvgIpc) is 2.23. The molecule has 0 aromatic heterocycles. The fourth-order valence-electron chi connectivity index (χ4n) is 2.37. The summed E-state index contributed by atoms with van der Waals surface area (Å²) >= 11 is 0. The predicted molar refractivity (Wildman–Crippen MR) is 63.5 cm³/mol. The van der Waals surface area contributed by atoms with Crippen molar-refractivity contribution >= 4 is 0 Å². The summed E-state index contributed by atoms with van der Waals surface area (Å²) in [5, 5.41) is 0. The van der Waals surface area contributed by atoms with E-state index >= 15 is 0 Å². The number of rotatable bonds is 0. The zero-order valence-electron chi connectivity index (χ0n) is 9.92. The Hall–Kier alpha value is -0.980. The van der Waals surface area contributed by atoms with Crippen molar-refractivity contribution in [2.45, 2.75) is 39.5 Å². The molecule has 2 rings (SSSR count). The van der Waals surface area contributed by atoms with Gasteiger partial charge in [0.15, 0.2) is 0 Å². The first-order chi connectivity index (χ1) is 7.20. The normalized spacial score (nSPS) is 26.1. The van der Waals surface area contributed by atoms with Crippen LogP contribution in [0.4, 0.5) is 0 Å². The first kappa shape index (κ1) is 10.5. The lowest BCUT2D eigenvalue weighted by Gasteiger charge is -2.26. The summed E-state index contributed by atoms with van der Waals surface area (Å²) < 4.78 is 5.88. The van der Waals surface area contributed by atoms with Gasteiger partial charge in [-0.3, -0.25) is 0 Å². The van der Waals surface area contributed by atoms with E-state index in [9.17, 15) is 0 Å². The molecule has 1 heteroatoms. The highest BCUT2D eigenvalue weighted by Gasteiger charge is 2.21. The van der Waals surface area contributed by atoms with Crippen LogP contribution < -0.4 is 4.74 Å². The molecule has 0 radical (unpaired) electrons. The number of hydrogen-bond acceptors (Lipinski definition) is 1. The summed E-state index contributed by atoms with van der Waals surface area (Å²) in [6.45, 7) is 7.67. The third-order valence-electron chi connectivity index (χ3n) is 3.64. The van der Waals surface area contributed by atoms with Gasteiger partial charge in [0.05, 0.1) is 6.61 Å². The summed E-state index contributed by atoms with van der Waals surface area (Å²) in [5.41, 5.74) is 2.66. The molecule has 0 fully saturated rings. The van der Waals surface area contributed by atoms with Crippen molar-refractivity contribution in [2.24, 2.45) is 5.92 Å². The zero-order valence-corrected chi connectivity index (χ0v) is 9.92. The smallest absolute Gasteiger partial charge is 0.125 e. The Balaban J connectivity index is 2.43. The standard InChI is InChI=1S/C14H20O/c1-10-7-5-9-15-14-11(2)6-4-8-13(14)12(10)3/h4,6,8,10,12H,5,7,9H2,1-3H3/t10-,12?/m1/s1. The maximum absolute atomic E-state index is 5.88. The second kappa shape index (κ2) is 4.26. The van der Waals surface area contributed by atoms with E-state index in [0.29, 0.717) is 5.92 Å². The molecule has 0 spiro atoms. The molecule has 0 aliphatic carbocycles. The third kappa shape index (κ3) is 2.01. The maximum Gasteiger partial charge on any atom is 0.125 e. The molecule has 0 bridgehead atoms. The second-order valence-corrected chi connectivity index (χ2v) is 4.75. The Morgan fingerprint density at radius 1 is 1.27 bits per heavy atom. The first-order valence-electron chi connectivity index (χ1n) is 5.92. The minimum atomic E-state index is 0.611. The lowest BCUT2D eigenvalue weighted by atomic mass is 9.84.